The number of carbonyl (C=O) groups is 1. The third kappa shape index (κ3) is 8.11. The molecule has 0 spiro atoms. The number of carbonyl (C=O) groups excluding carboxylic acids is 1. The van der Waals surface area contributed by atoms with Crippen molar-refractivity contribution in [3.8, 4) is 0 Å². The van der Waals surface area contributed by atoms with Gasteiger partial charge >= 0.3 is 65.1 Å². The number of benzene rings is 2. The van der Waals surface area contributed by atoms with Gasteiger partial charge in [-0.25, -0.2) is 4.79 Å². The van der Waals surface area contributed by atoms with Crippen LogP contribution < -0.4 is 84.8 Å². The molecule has 26 heavy (non-hydrogen) atoms. The van der Waals surface area contributed by atoms with E-state index in [-0.39, 0.29) is 71.3 Å². The van der Waals surface area contributed by atoms with Gasteiger partial charge in [0, 0.05) is 16.3 Å². The number of halogens is 3. The Morgan fingerprint density at radius 3 is 2.31 bits per heavy atom. The van der Waals surface area contributed by atoms with Crippen LogP contribution in [0.1, 0.15) is 5.56 Å². The Hall–Kier alpha value is 0.920. The van der Waals surface area contributed by atoms with Gasteiger partial charge in [0.15, 0.2) is 0 Å². The molecule has 2 amide bonds. The summed E-state index contributed by atoms with van der Waals surface area (Å²) in [7, 11) is -5.03. The van der Waals surface area contributed by atoms with Crippen molar-refractivity contribution in [1.29, 1.82) is 0 Å². The summed E-state index contributed by atoms with van der Waals surface area (Å²) >= 11 is 14.8. The molecule has 128 valence electrons. The van der Waals surface area contributed by atoms with Crippen LogP contribution in [0.4, 0.5) is 10.5 Å². The standard InChI is InChI=1S/C14H12BrCl2N2O4P.2Na/c15-9-2-4-12(13(6-9)24(21,22)23)19-14(20)18-7-8-1-3-10(16)11(17)5-8;;/h1-6H,7H2,(H2,18,19,20)(H2,21,22,23);;/q;2*+1/p-2. The molecule has 0 saturated carbocycles. The molecule has 6 nitrogen and oxygen atoms in total. The third-order valence-electron chi connectivity index (χ3n) is 2.94. The minimum atomic E-state index is -5.03. The summed E-state index contributed by atoms with van der Waals surface area (Å²) in [6, 6.07) is 8.17. The number of anilines is 1. The van der Waals surface area contributed by atoms with Crippen molar-refractivity contribution in [1.82, 2.24) is 5.32 Å². The van der Waals surface area contributed by atoms with Gasteiger partial charge in [0.1, 0.15) is 0 Å². The molecule has 2 rings (SSSR count). The van der Waals surface area contributed by atoms with Crippen LogP contribution in [0.25, 0.3) is 0 Å². The summed E-state index contributed by atoms with van der Waals surface area (Å²) in [5.41, 5.74) is 0.604. The van der Waals surface area contributed by atoms with E-state index in [2.05, 4.69) is 26.6 Å². The molecule has 0 bridgehead atoms. The van der Waals surface area contributed by atoms with E-state index in [1.807, 2.05) is 0 Å². The van der Waals surface area contributed by atoms with Crippen LogP contribution in [0.5, 0.6) is 0 Å². The Labute approximate surface area is 213 Å². The molecule has 0 aliphatic rings. The van der Waals surface area contributed by atoms with Crippen molar-refractivity contribution in [3.63, 3.8) is 0 Å². The summed E-state index contributed by atoms with van der Waals surface area (Å²) in [5.74, 6) is 0. The Balaban J connectivity index is 0.00000312. The molecule has 2 N–H and O–H groups in total. The topological polar surface area (TPSA) is 104 Å². The van der Waals surface area contributed by atoms with E-state index >= 15 is 0 Å². The number of rotatable bonds is 4. The summed E-state index contributed by atoms with van der Waals surface area (Å²) in [6.45, 7) is 0.140. The smallest absolute Gasteiger partial charge is 0.807 e. The van der Waals surface area contributed by atoms with Gasteiger partial charge in [-0.2, -0.15) is 0 Å². The molecule has 0 aliphatic carbocycles. The van der Waals surface area contributed by atoms with Crippen molar-refractivity contribution in [2.24, 2.45) is 0 Å². The first kappa shape index (κ1) is 26.9. The van der Waals surface area contributed by atoms with E-state index in [9.17, 15) is 19.1 Å². The van der Waals surface area contributed by atoms with Gasteiger partial charge in [-0.1, -0.05) is 45.2 Å². The van der Waals surface area contributed by atoms with E-state index in [0.29, 0.717) is 20.1 Å². The van der Waals surface area contributed by atoms with Crippen molar-refractivity contribution in [3.05, 3.63) is 56.5 Å². The van der Waals surface area contributed by atoms with Crippen LogP contribution in [0.15, 0.2) is 40.9 Å². The molecular formula is C14H10BrCl2N2Na2O4P. The Bertz CT molecular complexity index is 839. The van der Waals surface area contributed by atoms with Crippen molar-refractivity contribution >= 4 is 63.8 Å². The maximum Gasteiger partial charge on any atom is 1.00 e. The molecule has 2 aromatic rings. The number of urea groups is 1. The van der Waals surface area contributed by atoms with E-state index in [0.717, 1.165) is 6.07 Å². The minimum absolute atomic E-state index is 0. The average Bonchev–Trinajstić information content (AvgIpc) is 2.49. The summed E-state index contributed by atoms with van der Waals surface area (Å²) < 4.78 is 11.7. The average molecular weight is 498 g/mol. The van der Waals surface area contributed by atoms with Crippen molar-refractivity contribution < 1.29 is 78.3 Å². The van der Waals surface area contributed by atoms with Gasteiger partial charge in [-0.05, 0) is 43.5 Å². The Morgan fingerprint density at radius 1 is 1.08 bits per heavy atom. The second-order valence-electron chi connectivity index (χ2n) is 4.72. The zero-order valence-electron chi connectivity index (χ0n) is 13.9. The predicted octanol–water partition coefficient (Wildman–Crippen LogP) is -3.38. The van der Waals surface area contributed by atoms with Crippen LogP contribution in [-0.4, -0.2) is 6.03 Å². The van der Waals surface area contributed by atoms with Crippen LogP contribution in [0.3, 0.4) is 0 Å². The molecular weight excluding hydrogens is 488 g/mol. The molecule has 12 heteroatoms. The number of hydrogen-bond acceptors (Lipinski definition) is 4. The molecule has 0 fully saturated rings. The fraction of sp³-hybridized carbons (Fsp3) is 0.0714. The van der Waals surface area contributed by atoms with Gasteiger partial charge < -0.3 is 25.0 Å². The number of nitrogens with one attached hydrogen (secondary N) is 2. The molecule has 2 aromatic carbocycles. The zero-order chi connectivity index (χ0) is 17.9. The van der Waals surface area contributed by atoms with Gasteiger partial charge in [0.25, 0.3) is 0 Å². The number of hydrogen-bond donors (Lipinski definition) is 2. The monoisotopic (exact) mass is 496 g/mol. The molecule has 0 unspecified atom stereocenters. The van der Waals surface area contributed by atoms with E-state index < -0.39 is 18.9 Å². The van der Waals surface area contributed by atoms with E-state index in [4.69, 9.17) is 23.2 Å². The van der Waals surface area contributed by atoms with Gasteiger partial charge in [-0.3, -0.25) is 0 Å². The van der Waals surface area contributed by atoms with Crippen LogP contribution >= 0.6 is 46.7 Å². The first-order valence-corrected chi connectivity index (χ1v) is 9.57. The molecule has 0 heterocycles. The predicted molar refractivity (Wildman–Crippen MR) is 93.7 cm³/mol. The molecule has 0 aliphatic heterocycles. The Morgan fingerprint density at radius 2 is 1.73 bits per heavy atom. The fourth-order valence-electron chi connectivity index (χ4n) is 1.84. The van der Waals surface area contributed by atoms with Crippen molar-refractivity contribution in [2.75, 3.05) is 5.32 Å². The second-order valence-corrected chi connectivity index (χ2v) is 7.92. The first-order chi connectivity index (χ1) is 11.2. The normalized spacial score (nSPS) is 10.3. The molecule has 0 radical (unpaired) electrons. The number of amides is 2. The van der Waals surface area contributed by atoms with Crippen molar-refractivity contribution in [2.45, 2.75) is 6.54 Å². The zero-order valence-corrected chi connectivity index (χ0v) is 21.9. The minimum Gasteiger partial charge on any atom is -0.807 e. The van der Waals surface area contributed by atoms with Gasteiger partial charge in [-0.15, -0.1) is 0 Å². The van der Waals surface area contributed by atoms with Gasteiger partial charge in [0.2, 0.25) is 0 Å². The Kier molecular flexibility index (Phi) is 12.2. The summed E-state index contributed by atoms with van der Waals surface area (Å²) in [5, 5.41) is 5.12. The molecule has 0 aromatic heterocycles. The fourth-order valence-corrected chi connectivity index (χ4v) is 3.42. The third-order valence-corrected chi connectivity index (χ3v) is 5.13. The van der Waals surface area contributed by atoms with Gasteiger partial charge in [0.05, 0.1) is 15.7 Å². The van der Waals surface area contributed by atoms with E-state index in [1.54, 1.807) is 18.2 Å². The molecule has 0 atom stereocenters. The maximum atomic E-state index is 11.9. The molecule has 0 saturated heterocycles. The first-order valence-electron chi connectivity index (χ1n) is 6.48. The second kappa shape index (κ2) is 11.8. The summed E-state index contributed by atoms with van der Waals surface area (Å²) in [6.07, 6.45) is 0. The van der Waals surface area contributed by atoms with Crippen LogP contribution in [0, 0.1) is 0 Å². The van der Waals surface area contributed by atoms with E-state index in [1.165, 1.54) is 12.1 Å². The SMILES string of the molecule is O=C(NCc1ccc(Cl)c(Cl)c1)Nc1ccc(Br)cc1P(=O)([O-])[O-].[Na+].[Na+]. The summed E-state index contributed by atoms with van der Waals surface area (Å²) in [4.78, 5) is 34.5. The quantitative estimate of drug-likeness (QED) is 0.340. The maximum absolute atomic E-state index is 11.9. The van der Waals surface area contributed by atoms with Crippen LogP contribution in [-0.2, 0) is 11.1 Å². The van der Waals surface area contributed by atoms with Crippen LogP contribution in [0.2, 0.25) is 10.0 Å². The largest absolute Gasteiger partial charge is 1.00 e.